The third kappa shape index (κ3) is 4.54. The monoisotopic (exact) mass is 311 g/mol. The van der Waals surface area contributed by atoms with Gasteiger partial charge in [0, 0.05) is 17.1 Å². The van der Waals surface area contributed by atoms with Crippen LogP contribution in [-0.4, -0.2) is 45.1 Å². The van der Waals surface area contributed by atoms with E-state index in [2.05, 4.69) is 5.32 Å². The van der Waals surface area contributed by atoms with Crippen molar-refractivity contribution in [3.63, 3.8) is 0 Å². The van der Waals surface area contributed by atoms with E-state index in [-0.39, 0.29) is 12.0 Å². The van der Waals surface area contributed by atoms with Crippen molar-refractivity contribution < 1.29 is 19.0 Å². The molecule has 116 valence electrons. The molecule has 0 radical (unpaired) electrons. The van der Waals surface area contributed by atoms with Gasteiger partial charge in [-0.3, -0.25) is 4.79 Å². The molecule has 2 rings (SSSR count). The van der Waals surface area contributed by atoms with E-state index in [1.54, 1.807) is 18.8 Å². The van der Waals surface area contributed by atoms with Crippen molar-refractivity contribution in [2.45, 2.75) is 23.8 Å². The summed E-state index contributed by atoms with van der Waals surface area (Å²) >= 11 is 1.69. The number of hydrogen-bond acceptors (Lipinski definition) is 6. The van der Waals surface area contributed by atoms with Gasteiger partial charge >= 0.3 is 5.97 Å². The van der Waals surface area contributed by atoms with Crippen molar-refractivity contribution in [3.05, 3.63) is 18.2 Å². The van der Waals surface area contributed by atoms with Gasteiger partial charge in [-0.25, -0.2) is 0 Å². The first-order chi connectivity index (χ1) is 10.2. The fourth-order valence-corrected chi connectivity index (χ4v) is 2.99. The van der Waals surface area contributed by atoms with Gasteiger partial charge in [-0.2, -0.15) is 0 Å². The van der Waals surface area contributed by atoms with Crippen LogP contribution in [0.25, 0.3) is 0 Å². The van der Waals surface area contributed by atoms with E-state index < -0.39 is 0 Å². The van der Waals surface area contributed by atoms with Gasteiger partial charge < -0.3 is 19.5 Å². The van der Waals surface area contributed by atoms with E-state index >= 15 is 0 Å². The highest BCUT2D eigenvalue weighted by Gasteiger charge is 2.16. The maximum absolute atomic E-state index is 11.5. The SMILES string of the molecule is CNC(CCSc1ccc2c(c1)OCCCO2)C(=O)OC. The summed E-state index contributed by atoms with van der Waals surface area (Å²) in [5.74, 6) is 2.20. The van der Waals surface area contributed by atoms with Gasteiger partial charge in [-0.15, -0.1) is 11.8 Å². The second kappa shape index (κ2) is 8.14. The Morgan fingerprint density at radius 3 is 2.86 bits per heavy atom. The molecule has 0 fully saturated rings. The molecule has 1 aliphatic rings. The Labute approximate surface area is 129 Å². The molecule has 1 aromatic rings. The number of benzene rings is 1. The molecule has 0 bridgehead atoms. The summed E-state index contributed by atoms with van der Waals surface area (Å²) in [4.78, 5) is 12.6. The number of ether oxygens (including phenoxy) is 3. The molecule has 0 aromatic heterocycles. The van der Waals surface area contributed by atoms with Crippen LogP contribution >= 0.6 is 11.8 Å². The van der Waals surface area contributed by atoms with Crippen LogP contribution in [0.4, 0.5) is 0 Å². The van der Waals surface area contributed by atoms with Gasteiger partial charge in [0.15, 0.2) is 11.5 Å². The van der Waals surface area contributed by atoms with Crippen molar-refractivity contribution in [1.29, 1.82) is 0 Å². The molecule has 6 heteroatoms. The third-order valence-electron chi connectivity index (χ3n) is 3.23. The number of carbonyl (C=O) groups excluding carboxylic acids is 1. The number of hydrogen-bond donors (Lipinski definition) is 1. The molecule has 1 aromatic carbocycles. The minimum absolute atomic E-state index is 0.225. The van der Waals surface area contributed by atoms with Crippen LogP contribution in [0.1, 0.15) is 12.8 Å². The Kier molecular flexibility index (Phi) is 6.20. The summed E-state index contributed by atoms with van der Waals surface area (Å²) in [7, 11) is 3.17. The Hall–Kier alpha value is -1.40. The first kappa shape index (κ1) is 16.0. The van der Waals surface area contributed by atoms with E-state index in [4.69, 9.17) is 14.2 Å². The third-order valence-corrected chi connectivity index (χ3v) is 4.26. The second-order valence-electron chi connectivity index (χ2n) is 4.66. The lowest BCUT2D eigenvalue weighted by atomic mass is 10.2. The molecule has 1 aliphatic heterocycles. The van der Waals surface area contributed by atoms with Crippen molar-refractivity contribution in [2.75, 3.05) is 33.1 Å². The summed E-state index contributed by atoms with van der Waals surface area (Å²) in [6, 6.07) is 5.70. The number of methoxy groups -OCH3 is 1. The zero-order valence-electron chi connectivity index (χ0n) is 12.4. The maximum atomic E-state index is 11.5. The topological polar surface area (TPSA) is 56.8 Å². The highest BCUT2D eigenvalue weighted by atomic mass is 32.2. The standard InChI is InChI=1S/C15H21NO4S/c1-16-12(15(17)18-2)6-9-21-11-4-5-13-14(10-11)20-8-3-7-19-13/h4-5,10,12,16H,3,6-9H2,1-2H3. The summed E-state index contributed by atoms with van der Waals surface area (Å²) in [5, 5.41) is 2.96. The van der Waals surface area contributed by atoms with Gasteiger partial charge in [-0.05, 0) is 31.7 Å². The molecule has 1 atom stereocenters. The van der Waals surface area contributed by atoms with Gasteiger partial charge in [0.1, 0.15) is 6.04 Å². The molecular formula is C15H21NO4S. The number of likely N-dealkylation sites (N-methyl/N-ethyl adjacent to an activating group) is 1. The Morgan fingerprint density at radius 2 is 2.14 bits per heavy atom. The molecule has 0 saturated heterocycles. The van der Waals surface area contributed by atoms with Gasteiger partial charge in [0.05, 0.1) is 20.3 Å². The molecule has 21 heavy (non-hydrogen) atoms. The van der Waals surface area contributed by atoms with Crippen molar-refractivity contribution >= 4 is 17.7 Å². The molecule has 1 heterocycles. The zero-order valence-corrected chi connectivity index (χ0v) is 13.2. The van der Waals surface area contributed by atoms with E-state index in [9.17, 15) is 4.79 Å². The lowest BCUT2D eigenvalue weighted by Gasteiger charge is -2.13. The van der Waals surface area contributed by atoms with Crippen LogP contribution in [0.3, 0.4) is 0 Å². The normalized spacial score (nSPS) is 15.1. The van der Waals surface area contributed by atoms with Crippen LogP contribution < -0.4 is 14.8 Å². The number of thioether (sulfide) groups is 1. The second-order valence-corrected chi connectivity index (χ2v) is 5.83. The fraction of sp³-hybridized carbons (Fsp3) is 0.533. The Morgan fingerprint density at radius 1 is 1.38 bits per heavy atom. The van der Waals surface area contributed by atoms with Crippen molar-refractivity contribution in [3.8, 4) is 11.5 Å². The zero-order chi connectivity index (χ0) is 15.1. The quantitative estimate of drug-likeness (QED) is 0.641. The number of rotatable bonds is 6. The summed E-state index contributed by atoms with van der Waals surface area (Å²) < 4.78 is 16.0. The van der Waals surface area contributed by atoms with Crippen molar-refractivity contribution in [1.82, 2.24) is 5.32 Å². The molecule has 0 aliphatic carbocycles. The van der Waals surface area contributed by atoms with Gasteiger partial charge in [-0.1, -0.05) is 0 Å². The van der Waals surface area contributed by atoms with Crippen molar-refractivity contribution in [2.24, 2.45) is 0 Å². The van der Waals surface area contributed by atoms with Gasteiger partial charge in [0.2, 0.25) is 0 Å². The largest absolute Gasteiger partial charge is 0.490 e. The number of nitrogens with one attached hydrogen (secondary N) is 1. The number of carbonyl (C=O) groups is 1. The first-order valence-corrected chi connectivity index (χ1v) is 8.00. The summed E-state index contributed by atoms with van der Waals surface area (Å²) in [6.07, 6.45) is 1.61. The first-order valence-electron chi connectivity index (χ1n) is 7.02. The minimum Gasteiger partial charge on any atom is -0.490 e. The van der Waals surface area contributed by atoms with E-state index in [1.165, 1.54) is 7.11 Å². The predicted molar refractivity (Wildman–Crippen MR) is 82.3 cm³/mol. The fourth-order valence-electron chi connectivity index (χ4n) is 2.05. The van der Waals surface area contributed by atoms with E-state index in [0.29, 0.717) is 19.6 Å². The van der Waals surface area contributed by atoms with Gasteiger partial charge in [0.25, 0.3) is 0 Å². The predicted octanol–water partition coefficient (Wildman–Crippen LogP) is 2.09. The lowest BCUT2D eigenvalue weighted by molar-refractivity contribution is -0.143. The maximum Gasteiger partial charge on any atom is 0.322 e. The summed E-state index contributed by atoms with van der Waals surface area (Å²) in [6.45, 7) is 1.38. The van der Waals surface area contributed by atoms with E-state index in [1.807, 2.05) is 18.2 Å². The lowest BCUT2D eigenvalue weighted by Crippen LogP contribution is -2.35. The molecule has 0 saturated carbocycles. The highest BCUT2D eigenvalue weighted by molar-refractivity contribution is 7.99. The number of fused-ring (bicyclic) bond motifs is 1. The van der Waals surface area contributed by atoms with Crippen LogP contribution in [-0.2, 0) is 9.53 Å². The van der Waals surface area contributed by atoms with E-state index in [0.717, 1.165) is 28.6 Å². The molecule has 1 unspecified atom stereocenters. The van der Waals surface area contributed by atoms with Crippen LogP contribution in [0, 0.1) is 0 Å². The average Bonchev–Trinajstić information content (AvgIpc) is 2.75. The molecule has 1 N–H and O–H groups in total. The summed E-state index contributed by atoms with van der Waals surface area (Å²) in [5.41, 5.74) is 0. The molecular weight excluding hydrogens is 290 g/mol. The average molecular weight is 311 g/mol. The molecule has 0 spiro atoms. The Bertz CT molecular complexity index is 481. The molecule has 5 nitrogen and oxygen atoms in total. The van der Waals surface area contributed by atoms with Crippen LogP contribution in [0.5, 0.6) is 11.5 Å². The smallest absolute Gasteiger partial charge is 0.322 e. The van der Waals surface area contributed by atoms with Crippen LogP contribution in [0.2, 0.25) is 0 Å². The Balaban J connectivity index is 1.88. The number of esters is 1. The molecule has 0 amide bonds. The van der Waals surface area contributed by atoms with Crippen LogP contribution in [0.15, 0.2) is 23.1 Å². The minimum atomic E-state index is -0.261. The highest BCUT2D eigenvalue weighted by Crippen LogP contribution is 2.34.